The summed E-state index contributed by atoms with van der Waals surface area (Å²) in [5, 5.41) is 2.57. The van der Waals surface area contributed by atoms with Gasteiger partial charge in [0.1, 0.15) is 0 Å². The van der Waals surface area contributed by atoms with E-state index in [2.05, 4.69) is 21.2 Å². The highest BCUT2D eigenvalue weighted by molar-refractivity contribution is 9.10. The Morgan fingerprint density at radius 2 is 2.10 bits per heavy atom. The summed E-state index contributed by atoms with van der Waals surface area (Å²) >= 11 is 9.86. The van der Waals surface area contributed by atoms with Gasteiger partial charge >= 0.3 is 0 Å². The van der Waals surface area contributed by atoms with Crippen LogP contribution >= 0.6 is 27.5 Å². The van der Waals surface area contributed by atoms with Crippen molar-refractivity contribution in [2.75, 3.05) is 5.32 Å². The molecule has 0 fully saturated rings. The Bertz CT molecular complexity index is 693. The summed E-state index contributed by atoms with van der Waals surface area (Å²) in [6.45, 7) is 3.82. The normalized spacial score (nSPS) is 17.7. The SMILES string of the molecule is CC1(C)C(=O)Nc2ccc(C(Cl)c3ccoc3Br)cc21. The predicted octanol–water partition coefficient (Wildman–Crippen LogP) is 4.60. The van der Waals surface area contributed by atoms with Crippen molar-refractivity contribution in [1.29, 1.82) is 0 Å². The largest absolute Gasteiger partial charge is 0.457 e. The highest BCUT2D eigenvalue weighted by atomic mass is 79.9. The summed E-state index contributed by atoms with van der Waals surface area (Å²) in [6, 6.07) is 7.66. The van der Waals surface area contributed by atoms with Crippen molar-refractivity contribution >= 4 is 39.1 Å². The van der Waals surface area contributed by atoms with Crippen molar-refractivity contribution in [2.24, 2.45) is 0 Å². The quantitative estimate of drug-likeness (QED) is 0.801. The van der Waals surface area contributed by atoms with Crippen LogP contribution in [0, 0.1) is 0 Å². The van der Waals surface area contributed by atoms with E-state index >= 15 is 0 Å². The molecule has 1 aliphatic heterocycles. The maximum Gasteiger partial charge on any atom is 0.234 e. The zero-order valence-electron chi connectivity index (χ0n) is 11.0. The summed E-state index contributed by atoms with van der Waals surface area (Å²) in [6.07, 6.45) is 1.59. The van der Waals surface area contributed by atoms with Crippen molar-refractivity contribution < 1.29 is 9.21 Å². The molecule has 3 nitrogen and oxygen atoms in total. The van der Waals surface area contributed by atoms with E-state index in [1.54, 1.807) is 6.26 Å². The van der Waals surface area contributed by atoms with Gasteiger partial charge in [-0.3, -0.25) is 4.79 Å². The van der Waals surface area contributed by atoms with E-state index in [1.165, 1.54) is 0 Å². The Morgan fingerprint density at radius 1 is 1.35 bits per heavy atom. The molecule has 2 heterocycles. The Kier molecular flexibility index (Phi) is 3.18. The van der Waals surface area contributed by atoms with Crippen molar-refractivity contribution in [1.82, 2.24) is 0 Å². The summed E-state index contributed by atoms with van der Waals surface area (Å²) < 4.78 is 5.85. The van der Waals surface area contributed by atoms with E-state index in [0.29, 0.717) is 4.67 Å². The highest BCUT2D eigenvalue weighted by Crippen LogP contribution is 2.41. The Balaban J connectivity index is 2.04. The first-order chi connectivity index (χ1) is 9.41. The van der Waals surface area contributed by atoms with Gasteiger partial charge in [0, 0.05) is 11.3 Å². The number of carbonyl (C=O) groups is 1. The predicted molar refractivity (Wildman–Crippen MR) is 82.2 cm³/mol. The maximum absolute atomic E-state index is 12.0. The molecule has 1 aliphatic rings. The molecule has 0 bridgehead atoms. The van der Waals surface area contributed by atoms with Gasteiger partial charge in [-0.15, -0.1) is 11.6 Å². The van der Waals surface area contributed by atoms with Crippen LogP contribution in [-0.4, -0.2) is 5.91 Å². The number of fused-ring (bicyclic) bond motifs is 1. The number of hydrogen-bond donors (Lipinski definition) is 1. The first-order valence-electron chi connectivity index (χ1n) is 6.24. The van der Waals surface area contributed by atoms with Crippen molar-refractivity contribution in [2.45, 2.75) is 24.6 Å². The van der Waals surface area contributed by atoms with Crippen LogP contribution in [0.15, 0.2) is 39.6 Å². The molecule has 104 valence electrons. The monoisotopic (exact) mass is 353 g/mol. The van der Waals surface area contributed by atoms with Crippen LogP contribution in [0.4, 0.5) is 5.69 Å². The molecule has 0 spiro atoms. The van der Waals surface area contributed by atoms with Crippen LogP contribution in [0.3, 0.4) is 0 Å². The minimum absolute atomic E-state index is 0.0141. The first kappa shape index (κ1) is 13.7. The number of rotatable bonds is 2. The van der Waals surface area contributed by atoms with E-state index in [-0.39, 0.29) is 11.3 Å². The number of carbonyl (C=O) groups excluding carboxylic acids is 1. The number of amides is 1. The van der Waals surface area contributed by atoms with Crippen LogP contribution in [0.2, 0.25) is 0 Å². The van der Waals surface area contributed by atoms with Gasteiger partial charge in [-0.05, 0) is 53.0 Å². The fourth-order valence-corrected chi connectivity index (χ4v) is 3.32. The number of nitrogens with one attached hydrogen (secondary N) is 1. The molecule has 0 radical (unpaired) electrons. The van der Waals surface area contributed by atoms with Gasteiger partial charge in [0.05, 0.1) is 17.1 Å². The van der Waals surface area contributed by atoms with E-state index in [0.717, 1.165) is 22.4 Å². The molecule has 0 aliphatic carbocycles. The van der Waals surface area contributed by atoms with Gasteiger partial charge in [0.25, 0.3) is 0 Å². The average molecular weight is 355 g/mol. The molecule has 5 heteroatoms. The van der Waals surface area contributed by atoms with Crippen molar-refractivity contribution in [3.8, 4) is 0 Å². The lowest BCUT2D eigenvalue weighted by molar-refractivity contribution is -0.119. The second kappa shape index (κ2) is 4.64. The molecule has 1 amide bonds. The molecule has 1 atom stereocenters. The zero-order valence-corrected chi connectivity index (χ0v) is 13.4. The van der Waals surface area contributed by atoms with E-state index in [1.807, 2.05) is 38.1 Å². The fourth-order valence-electron chi connectivity index (χ4n) is 2.41. The molecule has 1 aromatic heterocycles. The molecule has 20 heavy (non-hydrogen) atoms. The molecular weight excluding hydrogens is 342 g/mol. The fraction of sp³-hybridized carbons (Fsp3) is 0.267. The maximum atomic E-state index is 12.0. The molecule has 2 aromatic rings. The third-order valence-electron chi connectivity index (χ3n) is 3.74. The molecule has 0 saturated carbocycles. The number of halogens is 2. The third kappa shape index (κ3) is 1.98. The lowest BCUT2D eigenvalue weighted by Gasteiger charge is -2.17. The molecule has 1 aromatic carbocycles. The number of furan rings is 1. The second-order valence-electron chi connectivity index (χ2n) is 5.40. The molecule has 1 unspecified atom stereocenters. The molecule has 3 rings (SSSR count). The van der Waals surface area contributed by atoms with Gasteiger partial charge in [-0.25, -0.2) is 0 Å². The second-order valence-corrected chi connectivity index (χ2v) is 6.55. The summed E-state index contributed by atoms with van der Waals surface area (Å²) in [4.78, 5) is 12.0. The van der Waals surface area contributed by atoms with Crippen LogP contribution in [0.25, 0.3) is 0 Å². The lowest BCUT2D eigenvalue weighted by Crippen LogP contribution is -2.26. The Labute approximate surface area is 130 Å². The van der Waals surface area contributed by atoms with Crippen LogP contribution in [-0.2, 0) is 10.2 Å². The van der Waals surface area contributed by atoms with Crippen molar-refractivity contribution in [3.63, 3.8) is 0 Å². The minimum atomic E-state index is -0.532. The highest BCUT2D eigenvalue weighted by Gasteiger charge is 2.38. The molecular formula is C15H13BrClNO2. The number of benzene rings is 1. The van der Waals surface area contributed by atoms with Gasteiger partial charge in [-0.2, -0.15) is 0 Å². The number of anilines is 1. The standard InChI is InChI=1S/C15H13BrClNO2/c1-15(2)10-7-8(3-4-11(10)18-14(15)19)12(17)9-5-6-20-13(9)16/h3-7,12H,1-2H3,(H,18,19). The smallest absolute Gasteiger partial charge is 0.234 e. The minimum Gasteiger partial charge on any atom is -0.457 e. The number of alkyl halides is 1. The molecule has 1 N–H and O–H groups in total. The van der Waals surface area contributed by atoms with E-state index in [9.17, 15) is 4.79 Å². The summed E-state index contributed by atoms with van der Waals surface area (Å²) in [5.41, 5.74) is 3.12. The number of hydrogen-bond acceptors (Lipinski definition) is 2. The van der Waals surface area contributed by atoms with Gasteiger partial charge in [0.15, 0.2) is 4.67 Å². The Morgan fingerprint density at radius 3 is 2.75 bits per heavy atom. The zero-order chi connectivity index (χ0) is 14.5. The van der Waals surface area contributed by atoms with E-state index < -0.39 is 5.41 Å². The third-order valence-corrected chi connectivity index (χ3v) is 4.88. The van der Waals surface area contributed by atoms with Gasteiger partial charge < -0.3 is 9.73 Å². The van der Waals surface area contributed by atoms with Crippen LogP contribution in [0.1, 0.15) is 35.9 Å². The summed E-state index contributed by atoms with van der Waals surface area (Å²) in [7, 11) is 0. The topological polar surface area (TPSA) is 42.2 Å². The van der Waals surface area contributed by atoms with Crippen LogP contribution < -0.4 is 5.32 Å². The van der Waals surface area contributed by atoms with E-state index in [4.69, 9.17) is 16.0 Å². The Hall–Kier alpha value is -1.26. The van der Waals surface area contributed by atoms with Crippen LogP contribution in [0.5, 0.6) is 0 Å². The average Bonchev–Trinajstić information content (AvgIpc) is 2.92. The lowest BCUT2D eigenvalue weighted by atomic mass is 9.85. The first-order valence-corrected chi connectivity index (χ1v) is 7.47. The van der Waals surface area contributed by atoms with Gasteiger partial charge in [-0.1, -0.05) is 12.1 Å². The molecule has 0 saturated heterocycles. The van der Waals surface area contributed by atoms with Gasteiger partial charge in [0.2, 0.25) is 5.91 Å². The summed E-state index contributed by atoms with van der Waals surface area (Å²) in [5.74, 6) is 0.0141. The van der Waals surface area contributed by atoms with Crippen molar-refractivity contribution in [3.05, 3.63) is 51.9 Å².